The van der Waals surface area contributed by atoms with Crippen LogP contribution in [0.5, 0.6) is 5.88 Å². The van der Waals surface area contributed by atoms with Crippen LogP contribution >= 0.6 is 15.9 Å². The lowest BCUT2D eigenvalue weighted by atomic mass is 10.3. The standard InChI is InChI=1S/C13H17BrN4O/c1-4-7-19-13-10(15)5-6-11(16-13)18-9(3)12(14)8(2)17-18/h5-6H,4,7,15H2,1-3H3. The van der Waals surface area contributed by atoms with Gasteiger partial charge in [-0.2, -0.15) is 10.1 Å². The van der Waals surface area contributed by atoms with Crippen LogP contribution in [0.4, 0.5) is 5.69 Å². The fourth-order valence-electron chi connectivity index (χ4n) is 1.72. The molecule has 2 aromatic rings. The van der Waals surface area contributed by atoms with Crippen LogP contribution in [0.1, 0.15) is 24.7 Å². The van der Waals surface area contributed by atoms with Crippen molar-refractivity contribution in [2.75, 3.05) is 12.3 Å². The molecule has 6 heteroatoms. The van der Waals surface area contributed by atoms with Crippen LogP contribution in [0.2, 0.25) is 0 Å². The van der Waals surface area contributed by atoms with Crippen molar-refractivity contribution >= 4 is 21.6 Å². The molecule has 2 heterocycles. The molecule has 5 nitrogen and oxygen atoms in total. The summed E-state index contributed by atoms with van der Waals surface area (Å²) in [6, 6.07) is 3.62. The van der Waals surface area contributed by atoms with Crippen LogP contribution < -0.4 is 10.5 Å². The van der Waals surface area contributed by atoms with Crippen molar-refractivity contribution in [3.8, 4) is 11.7 Å². The van der Waals surface area contributed by atoms with E-state index in [0.717, 1.165) is 22.3 Å². The van der Waals surface area contributed by atoms with E-state index in [-0.39, 0.29) is 0 Å². The summed E-state index contributed by atoms with van der Waals surface area (Å²) in [6.07, 6.45) is 0.913. The first-order valence-corrected chi connectivity index (χ1v) is 6.95. The lowest BCUT2D eigenvalue weighted by molar-refractivity contribution is 0.306. The summed E-state index contributed by atoms with van der Waals surface area (Å²) in [6.45, 7) is 6.56. The minimum atomic E-state index is 0.461. The van der Waals surface area contributed by atoms with Gasteiger partial charge in [0.2, 0.25) is 5.88 Å². The van der Waals surface area contributed by atoms with Gasteiger partial charge in [0, 0.05) is 0 Å². The van der Waals surface area contributed by atoms with E-state index in [4.69, 9.17) is 10.5 Å². The fourth-order valence-corrected chi connectivity index (χ4v) is 1.97. The van der Waals surface area contributed by atoms with Crippen LogP contribution in [0, 0.1) is 13.8 Å². The van der Waals surface area contributed by atoms with E-state index in [1.165, 1.54) is 0 Å². The molecule has 0 unspecified atom stereocenters. The highest BCUT2D eigenvalue weighted by molar-refractivity contribution is 9.10. The average Bonchev–Trinajstić information content (AvgIpc) is 2.66. The van der Waals surface area contributed by atoms with E-state index in [1.807, 2.05) is 26.8 Å². The number of nitrogen functional groups attached to an aromatic ring is 1. The normalized spacial score (nSPS) is 10.7. The van der Waals surface area contributed by atoms with Gasteiger partial charge < -0.3 is 10.5 Å². The van der Waals surface area contributed by atoms with Crippen LogP contribution in [-0.4, -0.2) is 21.4 Å². The Morgan fingerprint density at radius 1 is 1.37 bits per heavy atom. The molecule has 0 saturated heterocycles. The van der Waals surface area contributed by atoms with Gasteiger partial charge in [-0.15, -0.1) is 0 Å². The molecule has 0 atom stereocenters. The van der Waals surface area contributed by atoms with Crippen molar-refractivity contribution in [3.63, 3.8) is 0 Å². The molecule has 2 rings (SSSR count). The predicted molar refractivity (Wildman–Crippen MR) is 78.7 cm³/mol. The number of pyridine rings is 1. The van der Waals surface area contributed by atoms with Crippen molar-refractivity contribution in [2.24, 2.45) is 0 Å². The molecule has 19 heavy (non-hydrogen) atoms. The van der Waals surface area contributed by atoms with Gasteiger partial charge in [0.25, 0.3) is 0 Å². The maximum absolute atomic E-state index is 5.86. The monoisotopic (exact) mass is 324 g/mol. The highest BCUT2D eigenvalue weighted by Crippen LogP contribution is 2.25. The zero-order chi connectivity index (χ0) is 14.0. The molecule has 0 amide bonds. The fraction of sp³-hybridized carbons (Fsp3) is 0.385. The molecule has 0 fully saturated rings. The molecule has 0 saturated carbocycles. The molecule has 0 radical (unpaired) electrons. The molecular formula is C13H17BrN4O. The second-order valence-electron chi connectivity index (χ2n) is 4.31. The van der Waals surface area contributed by atoms with Gasteiger partial charge in [-0.3, -0.25) is 0 Å². The van der Waals surface area contributed by atoms with Crippen molar-refractivity contribution in [2.45, 2.75) is 27.2 Å². The molecular weight excluding hydrogens is 308 g/mol. The summed E-state index contributed by atoms with van der Waals surface area (Å²) in [5, 5.41) is 4.44. The third kappa shape index (κ3) is 2.73. The van der Waals surface area contributed by atoms with Gasteiger partial charge in [0.15, 0.2) is 5.82 Å². The van der Waals surface area contributed by atoms with E-state index < -0.39 is 0 Å². The first-order valence-electron chi connectivity index (χ1n) is 6.16. The number of hydrogen-bond donors (Lipinski definition) is 1. The number of rotatable bonds is 4. The smallest absolute Gasteiger partial charge is 0.239 e. The lowest BCUT2D eigenvalue weighted by Crippen LogP contribution is -2.06. The summed E-state index contributed by atoms with van der Waals surface area (Å²) < 4.78 is 8.30. The van der Waals surface area contributed by atoms with Crippen LogP contribution in [0.25, 0.3) is 5.82 Å². The Morgan fingerprint density at radius 2 is 2.11 bits per heavy atom. The number of nitrogens with two attached hydrogens (primary N) is 1. The predicted octanol–water partition coefficient (Wildman–Crippen LogP) is 3.02. The second kappa shape index (κ2) is 5.61. The molecule has 102 valence electrons. The Morgan fingerprint density at radius 3 is 2.68 bits per heavy atom. The van der Waals surface area contributed by atoms with Crippen LogP contribution in [0.15, 0.2) is 16.6 Å². The third-order valence-corrected chi connectivity index (χ3v) is 3.89. The van der Waals surface area contributed by atoms with Gasteiger partial charge in [-0.1, -0.05) is 6.92 Å². The summed E-state index contributed by atoms with van der Waals surface area (Å²) in [4.78, 5) is 4.43. The number of halogens is 1. The first-order chi connectivity index (χ1) is 9.04. The van der Waals surface area contributed by atoms with E-state index in [0.29, 0.717) is 24.0 Å². The molecule has 0 aliphatic rings. The van der Waals surface area contributed by atoms with Crippen molar-refractivity contribution in [1.82, 2.24) is 14.8 Å². The van der Waals surface area contributed by atoms with E-state index in [2.05, 4.69) is 26.0 Å². The van der Waals surface area contributed by atoms with Crippen molar-refractivity contribution in [1.29, 1.82) is 0 Å². The number of aromatic nitrogens is 3. The van der Waals surface area contributed by atoms with E-state index >= 15 is 0 Å². The maximum Gasteiger partial charge on any atom is 0.239 e. The zero-order valence-corrected chi connectivity index (χ0v) is 12.9. The SMILES string of the molecule is CCCOc1nc(-n2nc(C)c(Br)c2C)ccc1N. The minimum absolute atomic E-state index is 0.461. The van der Waals surface area contributed by atoms with Gasteiger partial charge in [-0.05, 0) is 48.3 Å². The summed E-state index contributed by atoms with van der Waals surface area (Å²) in [5.41, 5.74) is 8.31. The zero-order valence-electron chi connectivity index (χ0n) is 11.3. The lowest BCUT2D eigenvalue weighted by Gasteiger charge is -2.09. The molecule has 0 aromatic carbocycles. The Kier molecular flexibility index (Phi) is 4.09. The highest BCUT2D eigenvalue weighted by atomic mass is 79.9. The number of aryl methyl sites for hydroxylation is 1. The van der Waals surface area contributed by atoms with Gasteiger partial charge in [-0.25, -0.2) is 4.68 Å². The van der Waals surface area contributed by atoms with E-state index in [1.54, 1.807) is 10.7 Å². The quantitative estimate of drug-likeness (QED) is 0.938. The molecule has 0 bridgehead atoms. The number of ether oxygens (including phenoxy) is 1. The van der Waals surface area contributed by atoms with E-state index in [9.17, 15) is 0 Å². The largest absolute Gasteiger partial charge is 0.476 e. The van der Waals surface area contributed by atoms with Crippen molar-refractivity contribution < 1.29 is 4.74 Å². The molecule has 0 spiro atoms. The second-order valence-corrected chi connectivity index (χ2v) is 5.10. The number of hydrogen-bond acceptors (Lipinski definition) is 4. The topological polar surface area (TPSA) is 66.0 Å². The van der Waals surface area contributed by atoms with Gasteiger partial charge in [0.1, 0.15) is 0 Å². The van der Waals surface area contributed by atoms with Crippen LogP contribution in [-0.2, 0) is 0 Å². The third-order valence-electron chi connectivity index (χ3n) is 2.74. The minimum Gasteiger partial charge on any atom is -0.476 e. The molecule has 0 aliphatic carbocycles. The maximum atomic E-state index is 5.86. The van der Waals surface area contributed by atoms with Crippen molar-refractivity contribution in [3.05, 3.63) is 28.0 Å². The van der Waals surface area contributed by atoms with Gasteiger partial charge >= 0.3 is 0 Å². The molecule has 2 N–H and O–H groups in total. The Labute approximate surface area is 120 Å². The van der Waals surface area contributed by atoms with Gasteiger partial charge in [0.05, 0.1) is 28.2 Å². The number of anilines is 1. The summed E-state index contributed by atoms with van der Waals surface area (Å²) >= 11 is 3.51. The highest BCUT2D eigenvalue weighted by Gasteiger charge is 2.13. The Balaban J connectivity index is 2.42. The Bertz CT molecular complexity index is 595. The number of nitrogens with zero attached hydrogens (tertiary/aromatic N) is 3. The molecule has 0 aliphatic heterocycles. The average molecular weight is 325 g/mol. The summed E-state index contributed by atoms with van der Waals surface area (Å²) in [7, 11) is 0. The summed E-state index contributed by atoms with van der Waals surface area (Å²) in [5.74, 6) is 1.16. The Hall–Kier alpha value is -1.56. The van der Waals surface area contributed by atoms with Crippen LogP contribution in [0.3, 0.4) is 0 Å². The molecule has 2 aromatic heterocycles. The first kappa shape index (κ1) is 13.9.